The van der Waals surface area contributed by atoms with Crippen LogP contribution in [0.4, 0.5) is 11.5 Å². The summed E-state index contributed by atoms with van der Waals surface area (Å²) in [6, 6.07) is 3.95. The number of rotatable bonds is 3. The molecule has 0 atom stereocenters. The van der Waals surface area contributed by atoms with Gasteiger partial charge < -0.3 is 5.73 Å². The molecule has 0 aliphatic carbocycles. The molecule has 112 valence electrons. The summed E-state index contributed by atoms with van der Waals surface area (Å²) in [6.07, 6.45) is 0. The van der Waals surface area contributed by atoms with Crippen molar-refractivity contribution < 1.29 is 8.42 Å². The molecule has 0 saturated heterocycles. The second-order valence-corrected chi connectivity index (χ2v) is 6.87. The Morgan fingerprint density at radius 1 is 1.14 bits per heavy atom. The average Bonchev–Trinajstić information content (AvgIpc) is 2.31. The first-order valence-corrected chi connectivity index (χ1v) is 8.09. The minimum absolute atomic E-state index is 0.00205. The highest BCUT2D eigenvalue weighted by atomic mass is 35.5. The molecule has 3 N–H and O–H groups in total. The second kappa shape index (κ2) is 5.84. The normalized spacial score (nSPS) is 11.4. The monoisotopic (exact) mass is 366 g/mol. The number of sulfonamides is 1. The van der Waals surface area contributed by atoms with Gasteiger partial charge in [0.2, 0.25) is 5.28 Å². The van der Waals surface area contributed by atoms with Gasteiger partial charge in [-0.1, -0.05) is 23.2 Å². The average molecular weight is 368 g/mol. The third-order valence-corrected chi connectivity index (χ3v) is 4.70. The van der Waals surface area contributed by atoms with Crippen LogP contribution in [0.3, 0.4) is 0 Å². The van der Waals surface area contributed by atoms with Crippen molar-refractivity contribution in [3.8, 4) is 0 Å². The van der Waals surface area contributed by atoms with Gasteiger partial charge >= 0.3 is 0 Å². The Hall–Kier alpha value is -1.28. The van der Waals surface area contributed by atoms with Gasteiger partial charge in [0.25, 0.3) is 10.0 Å². The number of nitrogen functional groups attached to an aromatic ring is 1. The van der Waals surface area contributed by atoms with Crippen molar-refractivity contribution in [2.75, 3.05) is 10.5 Å². The molecule has 1 aromatic carbocycles. The Balaban J connectivity index is 2.45. The maximum atomic E-state index is 12.3. The van der Waals surface area contributed by atoms with Crippen molar-refractivity contribution in [2.45, 2.75) is 11.8 Å². The first-order valence-electron chi connectivity index (χ1n) is 5.47. The number of nitrogens with zero attached hydrogens (tertiary/aromatic N) is 2. The van der Waals surface area contributed by atoms with Crippen molar-refractivity contribution in [2.24, 2.45) is 0 Å². The maximum Gasteiger partial charge on any atom is 0.264 e. The lowest BCUT2D eigenvalue weighted by atomic mass is 10.2. The van der Waals surface area contributed by atoms with Gasteiger partial charge in [-0.3, -0.25) is 4.72 Å². The molecule has 0 bridgehead atoms. The molecule has 2 aromatic rings. The predicted octanol–water partition coefficient (Wildman–Crippen LogP) is 3.13. The third kappa shape index (κ3) is 3.68. The molecule has 0 spiro atoms. The smallest absolute Gasteiger partial charge is 0.264 e. The summed E-state index contributed by atoms with van der Waals surface area (Å²) < 4.78 is 26.8. The molecule has 2 rings (SSSR count). The first kappa shape index (κ1) is 16.1. The molecule has 0 saturated carbocycles. The van der Waals surface area contributed by atoms with Crippen LogP contribution >= 0.6 is 34.8 Å². The van der Waals surface area contributed by atoms with E-state index in [0.29, 0.717) is 11.3 Å². The number of halogens is 3. The fourth-order valence-corrected chi connectivity index (χ4v) is 3.53. The number of hydrogen-bond acceptors (Lipinski definition) is 5. The van der Waals surface area contributed by atoms with E-state index in [1.54, 1.807) is 6.92 Å². The highest BCUT2D eigenvalue weighted by Crippen LogP contribution is 2.28. The molecule has 1 heterocycles. The first-order chi connectivity index (χ1) is 9.69. The SMILES string of the molecule is Cc1cc(Cl)c(S(=O)(=O)Nc2cc(Cl)nc(Cl)n2)cc1N. The van der Waals surface area contributed by atoms with E-state index in [-0.39, 0.29) is 26.2 Å². The van der Waals surface area contributed by atoms with Gasteiger partial charge in [-0.25, -0.2) is 13.4 Å². The van der Waals surface area contributed by atoms with Crippen molar-refractivity contribution in [3.05, 3.63) is 39.2 Å². The van der Waals surface area contributed by atoms with Crippen LogP contribution < -0.4 is 10.5 Å². The minimum atomic E-state index is -3.99. The fraction of sp³-hybridized carbons (Fsp3) is 0.0909. The number of aryl methyl sites for hydroxylation is 1. The summed E-state index contributed by atoms with van der Waals surface area (Å²) in [5, 5.41) is -0.141. The molecule has 0 aliphatic rings. The van der Waals surface area contributed by atoms with E-state index >= 15 is 0 Å². The van der Waals surface area contributed by atoms with Crippen LogP contribution in [-0.2, 0) is 10.0 Å². The molecule has 0 amide bonds. The highest BCUT2D eigenvalue weighted by molar-refractivity contribution is 7.92. The Kier molecular flexibility index (Phi) is 4.48. The molecule has 6 nitrogen and oxygen atoms in total. The molecule has 10 heteroatoms. The van der Waals surface area contributed by atoms with Crippen molar-refractivity contribution in [1.29, 1.82) is 0 Å². The summed E-state index contributed by atoms with van der Waals surface area (Å²) in [5.74, 6) is -0.0739. The fourth-order valence-electron chi connectivity index (χ4n) is 1.51. The van der Waals surface area contributed by atoms with Crippen LogP contribution in [0.2, 0.25) is 15.5 Å². The van der Waals surface area contributed by atoms with E-state index in [9.17, 15) is 8.42 Å². The predicted molar refractivity (Wildman–Crippen MR) is 83.5 cm³/mol. The van der Waals surface area contributed by atoms with E-state index in [1.807, 2.05) is 0 Å². The van der Waals surface area contributed by atoms with Gasteiger partial charge in [0, 0.05) is 11.8 Å². The van der Waals surface area contributed by atoms with E-state index in [4.69, 9.17) is 40.5 Å². The third-order valence-electron chi connectivity index (χ3n) is 2.52. The zero-order valence-electron chi connectivity index (χ0n) is 10.6. The summed E-state index contributed by atoms with van der Waals surface area (Å²) in [5.41, 5.74) is 6.69. The van der Waals surface area contributed by atoms with Gasteiger partial charge in [0.15, 0.2) is 0 Å². The molecule has 0 unspecified atom stereocenters. The van der Waals surface area contributed by atoms with Gasteiger partial charge in [-0.15, -0.1) is 0 Å². The van der Waals surface area contributed by atoms with Crippen LogP contribution in [0, 0.1) is 6.92 Å². The molecular weight excluding hydrogens is 359 g/mol. The van der Waals surface area contributed by atoms with Crippen LogP contribution in [0.1, 0.15) is 5.56 Å². The minimum Gasteiger partial charge on any atom is -0.398 e. The number of aromatic nitrogens is 2. The van der Waals surface area contributed by atoms with Crippen molar-refractivity contribution in [3.63, 3.8) is 0 Å². The van der Waals surface area contributed by atoms with Crippen LogP contribution in [0.5, 0.6) is 0 Å². The summed E-state index contributed by atoms with van der Waals surface area (Å²) in [4.78, 5) is 7.17. The molecule has 21 heavy (non-hydrogen) atoms. The van der Waals surface area contributed by atoms with Gasteiger partial charge in [-0.05, 0) is 36.2 Å². The lowest BCUT2D eigenvalue weighted by molar-refractivity contribution is 0.601. The molecule has 0 fully saturated rings. The Bertz CT molecular complexity index is 791. The Labute approximate surface area is 136 Å². The van der Waals surface area contributed by atoms with Gasteiger partial charge in [-0.2, -0.15) is 4.98 Å². The molecule has 0 aliphatic heterocycles. The van der Waals surface area contributed by atoms with Crippen LogP contribution in [0.25, 0.3) is 0 Å². The zero-order chi connectivity index (χ0) is 15.8. The van der Waals surface area contributed by atoms with E-state index in [0.717, 1.165) is 0 Å². The quantitative estimate of drug-likeness (QED) is 0.493. The summed E-state index contributed by atoms with van der Waals surface area (Å²) in [6.45, 7) is 1.72. The second-order valence-electron chi connectivity index (χ2n) is 4.09. The van der Waals surface area contributed by atoms with E-state index in [1.165, 1.54) is 18.2 Å². The molecular formula is C11H9Cl3N4O2S. The molecule has 1 aromatic heterocycles. The van der Waals surface area contributed by atoms with Gasteiger partial charge in [0.1, 0.15) is 15.9 Å². The Morgan fingerprint density at radius 2 is 1.81 bits per heavy atom. The van der Waals surface area contributed by atoms with E-state index < -0.39 is 10.0 Å². The maximum absolute atomic E-state index is 12.3. The Morgan fingerprint density at radius 3 is 2.43 bits per heavy atom. The van der Waals surface area contributed by atoms with Crippen LogP contribution in [0.15, 0.2) is 23.1 Å². The lowest BCUT2D eigenvalue weighted by Gasteiger charge is -2.11. The largest absolute Gasteiger partial charge is 0.398 e. The van der Waals surface area contributed by atoms with Crippen molar-refractivity contribution in [1.82, 2.24) is 9.97 Å². The zero-order valence-corrected chi connectivity index (χ0v) is 13.6. The van der Waals surface area contributed by atoms with Gasteiger partial charge in [0.05, 0.1) is 5.02 Å². The summed E-state index contributed by atoms with van der Waals surface area (Å²) in [7, 11) is -3.99. The highest BCUT2D eigenvalue weighted by Gasteiger charge is 2.20. The van der Waals surface area contributed by atoms with E-state index in [2.05, 4.69) is 14.7 Å². The number of anilines is 2. The standard InChI is InChI=1S/C11H9Cl3N4O2S/c1-5-2-6(12)8(3-7(5)15)21(19,20)18-10-4-9(13)16-11(14)17-10/h2-4H,15H2,1H3,(H,16,17,18). The number of nitrogens with two attached hydrogens (primary N) is 1. The molecule has 0 radical (unpaired) electrons. The van der Waals surface area contributed by atoms with Crippen LogP contribution in [-0.4, -0.2) is 18.4 Å². The van der Waals surface area contributed by atoms with Crippen molar-refractivity contribution >= 4 is 56.3 Å². The number of nitrogens with one attached hydrogen (secondary N) is 1. The number of hydrogen-bond donors (Lipinski definition) is 2. The topological polar surface area (TPSA) is 98.0 Å². The summed E-state index contributed by atoms with van der Waals surface area (Å²) >= 11 is 17.3. The number of benzene rings is 1. The lowest BCUT2D eigenvalue weighted by Crippen LogP contribution is -2.15.